The zero-order valence-electron chi connectivity index (χ0n) is 11.8. The standard InChI is InChI=1S/C12H24N2O4S/c1-12(2,3)18-11(15)14-10-6-4-9(5-7-10)8-19(13,16)17/h9-10H,4-8H2,1-3H3,(H,14,15)(H2,13,16,17). The molecular weight excluding hydrogens is 268 g/mol. The van der Waals surface area contributed by atoms with Crippen LogP contribution in [-0.2, 0) is 14.8 Å². The quantitative estimate of drug-likeness (QED) is 0.820. The second-order valence-corrected chi connectivity index (χ2v) is 7.85. The van der Waals surface area contributed by atoms with Crippen molar-refractivity contribution in [1.29, 1.82) is 0 Å². The minimum atomic E-state index is -3.40. The number of nitrogens with two attached hydrogens (primary N) is 1. The van der Waals surface area contributed by atoms with Gasteiger partial charge in [-0.1, -0.05) is 0 Å². The highest BCUT2D eigenvalue weighted by molar-refractivity contribution is 7.89. The van der Waals surface area contributed by atoms with Crippen molar-refractivity contribution in [3.63, 3.8) is 0 Å². The minimum Gasteiger partial charge on any atom is -0.444 e. The summed E-state index contributed by atoms with van der Waals surface area (Å²) in [5.74, 6) is 0.137. The maximum absolute atomic E-state index is 11.6. The highest BCUT2D eigenvalue weighted by atomic mass is 32.2. The fraction of sp³-hybridized carbons (Fsp3) is 0.917. The molecule has 112 valence electrons. The fourth-order valence-corrected chi connectivity index (χ4v) is 3.27. The van der Waals surface area contributed by atoms with Gasteiger partial charge in [-0.15, -0.1) is 0 Å². The lowest BCUT2D eigenvalue weighted by Crippen LogP contribution is -2.41. The molecule has 1 aliphatic rings. The van der Waals surface area contributed by atoms with Gasteiger partial charge in [0, 0.05) is 6.04 Å². The van der Waals surface area contributed by atoms with Gasteiger partial charge in [-0.3, -0.25) is 0 Å². The van der Waals surface area contributed by atoms with Crippen molar-refractivity contribution in [3.05, 3.63) is 0 Å². The summed E-state index contributed by atoms with van der Waals surface area (Å²) in [7, 11) is -3.40. The van der Waals surface area contributed by atoms with Gasteiger partial charge in [0.1, 0.15) is 5.60 Å². The molecule has 7 heteroatoms. The third kappa shape index (κ3) is 7.37. The van der Waals surface area contributed by atoms with E-state index in [1.54, 1.807) is 0 Å². The van der Waals surface area contributed by atoms with Crippen LogP contribution in [0.3, 0.4) is 0 Å². The van der Waals surface area contributed by atoms with E-state index in [1.165, 1.54) is 0 Å². The van der Waals surface area contributed by atoms with Crippen LogP contribution in [0.2, 0.25) is 0 Å². The highest BCUT2D eigenvalue weighted by Crippen LogP contribution is 2.25. The molecule has 0 unspecified atom stereocenters. The van der Waals surface area contributed by atoms with E-state index < -0.39 is 21.7 Å². The van der Waals surface area contributed by atoms with Gasteiger partial charge in [0.15, 0.2) is 0 Å². The van der Waals surface area contributed by atoms with Crippen molar-refractivity contribution in [2.24, 2.45) is 11.1 Å². The number of rotatable bonds is 3. The first-order chi connectivity index (χ1) is 8.55. The summed E-state index contributed by atoms with van der Waals surface area (Å²) < 4.78 is 27.2. The molecule has 0 aliphatic heterocycles. The lowest BCUT2D eigenvalue weighted by atomic mass is 9.87. The van der Waals surface area contributed by atoms with E-state index in [0.29, 0.717) is 0 Å². The molecule has 1 fully saturated rings. The molecule has 0 saturated heterocycles. The van der Waals surface area contributed by atoms with Gasteiger partial charge >= 0.3 is 6.09 Å². The third-order valence-corrected chi connectivity index (χ3v) is 3.97. The Balaban J connectivity index is 2.33. The Morgan fingerprint density at radius 3 is 2.21 bits per heavy atom. The molecule has 19 heavy (non-hydrogen) atoms. The van der Waals surface area contributed by atoms with Crippen molar-refractivity contribution in [3.8, 4) is 0 Å². The van der Waals surface area contributed by atoms with Crippen LogP contribution in [0.4, 0.5) is 4.79 Å². The second-order valence-electron chi connectivity index (χ2n) is 6.19. The Kier molecular flexibility index (Phi) is 5.20. The van der Waals surface area contributed by atoms with Gasteiger partial charge in [-0.25, -0.2) is 18.4 Å². The van der Waals surface area contributed by atoms with Gasteiger partial charge in [-0.2, -0.15) is 0 Å². The van der Waals surface area contributed by atoms with Crippen LogP contribution in [0.25, 0.3) is 0 Å². The first kappa shape index (κ1) is 16.2. The smallest absolute Gasteiger partial charge is 0.407 e. The summed E-state index contributed by atoms with van der Waals surface area (Å²) in [5.41, 5.74) is -0.505. The molecule has 0 heterocycles. The maximum Gasteiger partial charge on any atom is 0.407 e. The number of ether oxygens (including phenoxy) is 1. The Morgan fingerprint density at radius 1 is 1.26 bits per heavy atom. The average molecular weight is 292 g/mol. The lowest BCUT2D eigenvalue weighted by molar-refractivity contribution is 0.0488. The minimum absolute atomic E-state index is 0.0339. The monoisotopic (exact) mass is 292 g/mol. The molecule has 0 radical (unpaired) electrons. The molecule has 0 bridgehead atoms. The predicted octanol–water partition coefficient (Wildman–Crippen LogP) is 1.36. The summed E-state index contributed by atoms with van der Waals surface area (Å²) in [6.45, 7) is 5.45. The van der Waals surface area contributed by atoms with Crippen LogP contribution >= 0.6 is 0 Å². The zero-order chi connectivity index (χ0) is 14.7. The SMILES string of the molecule is CC(C)(C)OC(=O)NC1CCC(CS(N)(=O)=O)CC1. The summed E-state index contributed by atoms with van der Waals surface area (Å²) >= 11 is 0. The van der Waals surface area contributed by atoms with Gasteiger partial charge in [0.25, 0.3) is 0 Å². The molecule has 0 aromatic heterocycles. The summed E-state index contributed by atoms with van der Waals surface area (Å²) in [4.78, 5) is 11.6. The summed E-state index contributed by atoms with van der Waals surface area (Å²) in [5, 5.41) is 7.85. The molecule has 1 rings (SSSR count). The predicted molar refractivity (Wildman–Crippen MR) is 73.1 cm³/mol. The number of carbonyl (C=O) groups excluding carboxylic acids is 1. The summed E-state index contributed by atoms with van der Waals surface area (Å²) in [6, 6.07) is 0.0616. The third-order valence-electron chi connectivity index (χ3n) is 3.04. The van der Waals surface area contributed by atoms with Crippen LogP contribution < -0.4 is 10.5 Å². The average Bonchev–Trinajstić information content (AvgIpc) is 2.15. The van der Waals surface area contributed by atoms with Crippen LogP contribution in [0.5, 0.6) is 0 Å². The zero-order valence-corrected chi connectivity index (χ0v) is 12.6. The van der Waals surface area contributed by atoms with E-state index in [0.717, 1.165) is 25.7 Å². The molecule has 1 amide bonds. The van der Waals surface area contributed by atoms with E-state index in [2.05, 4.69) is 5.32 Å². The van der Waals surface area contributed by atoms with Gasteiger partial charge in [-0.05, 0) is 52.4 Å². The van der Waals surface area contributed by atoms with E-state index in [1.807, 2.05) is 20.8 Å². The molecule has 0 spiro atoms. The van der Waals surface area contributed by atoms with Crippen molar-refractivity contribution in [2.75, 3.05) is 5.75 Å². The fourth-order valence-electron chi connectivity index (χ4n) is 2.28. The number of carbonyl (C=O) groups is 1. The van der Waals surface area contributed by atoms with Crippen LogP contribution in [0.1, 0.15) is 46.5 Å². The molecule has 0 aromatic carbocycles. The van der Waals surface area contributed by atoms with Gasteiger partial charge in [0.05, 0.1) is 5.75 Å². The molecule has 6 nitrogen and oxygen atoms in total. The number of alkyl carbamates (subject to hydrolysis) is 1. The number of nitrogens with one attached hydrogen (secondary N) is 1. The normalized spacial score (nSPS) is 24.8. The van der Waals surface area contributed by atoms with Crippen LogP contribution in [0, 0.1) is 5.92 Å². The van der Waals surface area contributed by atoms with E-state index in [4.69, 9.17) is 9.88 Å². The van der Waals surface area contributed by atoms with E-state index in [9.17, 15) is 13.2 Å². The van der Waals surface area contributed by atoms with Crippen LogP contribution in [0.15, 0.2) is 0 Å². The maximum atomic E-state index is 11.6. The topological polar surface area (TPSA) is 98.5 Å². The number of hydrogen-bond acceptors (Lipinski definition) is 4. The van der Waals surface area contributed by atoms with Gasteiger partial charge in [0.2, 0.25) is 10.0 Å². The first-order valence-electron chi connectivity index (χ1n) is 6.55. The van der Waals surface area contributed by atoms with Crippen molar-refractivity contribution < 1.29 is 17.9 Å². The Labute approximate surface area is 115 Å². The highest BCUT2D eigenvalue weighted by Gasteiger charge is 2.26. The Bertz CT molecular complexity index is 406. The number of hydrogen-bond donors (Lipinski definition) is 2. The molecular formula is C12H24N2O4S. The van der Waals surface area contributed by atoms with Crippen LogP contribution in [-0.4, -0.2) is 31.9 Å². The number of sulfonamides is 1. The molecule has 1 saturated carbocycles. The van der Waals surface area contributed by atoms with E-state index >= 15 is 0 Å². The Hall–Kier alpha value is -0.820. The van der Waals surface area contributed by atoms with Crippen molar-refractivity contribution in [2.45, 2.75) is 58.1 Å². The van der Waals surface area contributed by atoms with E-state index in [-0.39, 0.29) is 17.7 Å². The van der Waals surface area contributed by atoms with Crippen molar-refractivity contribution >= 4 is 16.1 Å². The van der Waals surface area contributed by atoms with Crippen molar-refractivity contribution in [1.82, 2.24) is 5.32 Å². The largest absolute Gasteiger partial charge is 0.444 e. The lowest BCUT2D eigenvalue weighted by Gasteiger charge is -2.29. The Morgan fingerprint density at radius 2 is 1.79 bits per heavy atom. The molecule has 0 atom stereocenters. The molecule has 1 aliphatic carbocycles. The number of primary sulfonamides is 1. The second kappa shape index (κ2) is 6.09. The first-order valence-corrected chi connectivity index (χ1v) is 8.27. The van der Waals surface area contributed by atoms with Gasteiger partial charge < -0.3 is 10.1 Å². The molecule has 3 N–H and O–H groups in total. The summed E-state index contributed by atoms with van der Waals surface area (Å²) in [6.07, 6.45) is 2.63. The number of amides is 1. The molecule has 0 aromatic rings.